The maximum atomic E-state index is 12.7. The highest BCUT2D eigenvalue weighted by Gasteiger charge is 2.34. The summed E-state index contributed by atoms with van der Waals surface area (Å²) in [5.74, 6) is -0.219. The number of nitrogens with one attached hydrogen (secondary N) is 1. The van der Waals surface area contributed by atoms with E-state index in [2.05, 4.69) is 5.32 Å². The van der Waals surface area contributed by atoms with Crippen LogP contribution in [0.4, 0.5) is 5.69 Å². The summed E-state index contributed by atoms with van der Waals surface area (Å²) in [5.41, 5.74) is 3.86. The number of amides is 1. The lowest BCUT2D eigenvalue weighted by atomic mass is 9.88. The Labute approximate surface area is 190 Å². The van der Waals surface area contributed by atoms with Gasteiger partial charge in [-0.15, -0.1) is 11.3 Å². The summed E-state index contributed by atoms with van der Waals surface area (Å²) in [4.78, 5) is 25.8. The molecule has 166 valence electrons. The predicted molar refractivity (Wildman–Crippen MR) is 125 cm³/mol. The third kappa shape index (κ3) is 4.08. The number of carboxylic acids is 1. The van der Waals surface area contributed by atoms with Gasteiger partial charge < -0.3 is 19.9 Å². The van der Waals surface area contributed by atoms with Crippen molar-refractivity contribution in [2.45, 2.75) is 39.2 Å². The number of hydrogen-bond acceptors (Lipinski definition) is 5. The smallest absolute Gasteiger partial charge is 0.346 e. The first-order valence-corrected chi connectivity index (χ1v) is 11.2. The zero-order chi connectivity index (χ0) is 23.0. The van der Waals surface area contributed by atoms with Crippen molar-refractivity contribution in [3.63, 3.8) is 0 Å². The molecule has 1 aliphatic rings. The van der Waals surface area contributed by atoms with Crippen LogP contribution in [0.2, 0.25) is 0 Å². The van der Waals surface area contributed by atoms with E-state index in [1.54, 1.807) is 7.11 Å². The predicted octanol–water partition coefficient (Wildman–Crippen LogP) is 5.69. The number of carboxylic acid groups (broad SMARTS) is 1. The second kappa shape index (κ2) is 8.67. The fourth-order valence-corrected chi connectivity index (χ4v) is 5.20. The van der Waals surface area contributed by atoms with Crippen LogP contribution in [0.1, 0.15) is 51.9 Å². The molecule has 0 saturated heterocycles. The van der Waals surface area contributed by atoms with Gasteiger partial charge in [0.25, 0.3) is 0 Å². The van der Waals surface area contributed by atoms with Crippen LogP contribution in [0.15, 0.2) is 42.5 Å². The third-order valence-electron chi connectivity index (χ3n) is 5.39. The van der Waals surface area contributed by atoms with E-state index >= 15 is 0 Å². The highest BCUT2D eigenvalue weighted by Crippen LogP contribution is 2.50. The molecule has 2 aromatic carbocycles. The Morgan fingerprint density at radius 1 is 1.16 bits per heavy atom. The van der Waals surface area contributed by atoms with Crippen molar-refractivity contribution in [3.05, 3.63) is 63.3 Å². The van der Waals surface area contributed by atoms with E-state index in [9.17, 15) is 14.7 Å². The number of anilines is 1. The van der Waals surface area contributed by atoms with E-state index in [1.807, 2.05) is 63.2 Å². The third-order valence-corrected chi connectivity index (χ3v) is 6.68. The Kier molecular flexibility index (Phi) is 5.93. The van der Waals surface area contributed by atoms with Crippen LogP contribution in [-0.2, 0) is 4.79 Å². The van der Waals surface area contributed by atoms with Gasteiger partial charge >= 0.3 is 5.97 Å². The highest BCUT2D eigenvalue weighted by molar-refractivity contribution is 7.15. The van der Waals surface area contributed by atoms with Crippen LogP contribution >= 0.6 is 11.3 Å². The number of fused-ring (bicyclic) bond motifs is 1. The molecule has 0 aliphatic carbocycles. The zero-order valence-electron chi connectivity index (χ0n) is 18.4. The molecule has 7 heteroatoms. The summed E-state index contributed by atoms with van der Waals surface area (Å²) in [6.45, 7) is 5.86. The van der Waals surface area contributed by atoms with Crippen molar-refractivity contribution in [2.24, 2.45) is 0 Å². The van der Waals surface area contributed by atoms with Gasteiger partial charge in [0.1, 0.15) is 4.88 Å². The van der Waals surface area contributed by atoms with E-state index in [1.165, 1.54) is 11.3 Å². The lowest BCUT2D eigenvalue weighted by Crippen LogP contribution is -2.22. The molecular weight excluding hydrogens is 426 g/mol. The standard InChI is InChI=1S/C25H25NO5S/c1-13(2)31-18-10-9-16(11-19(18)30-4)17-12-20(27)26-22-21(15-7-5-14(3)6-8-15)24(25(28)29)32-23(17)22/h5-11,13,17H,12H2,1-4H3,(H,26,27)(H,28,29)/t17-/m0/s1. The van der Waals surface area contributed by atoms with Gasteiger partial charge in [-0.3, -0.25) is 4.79 Å². The number of carbonyl (C=O) groups is 2. The molecule has 32 heavy (non-hydrogen) atoms. The number of benzene rings is 2. The summed E-state index contributed by atoms with van der Waals surface area (Å²) in [5, 5.41) is 12.9. The summed E-state index contributed by atoms with van der Waals surface area (Å²) >= 11 is 1.22. The van der Waals surface area contributed by atoms with Crippen molar-refractivity contribution >= 4 is 28.9 Å². The Morgan fingerprint density at radius 3 is 2.50 bits per heavy atom. The Bertz CT molecular complexity index is 1180. The molecule has 0 saturated carbocycles. The van der Waals surface area contributed by atoms with E-state index in [-0.39, 0.29) is 29.2 Å². The summed E-state index contributed by atoms with van der Waals surface area (Å²) in [7, 11) is 1.58. The average Bonchev–Trinajstić information content (AvgIpc) is 3.13. The van der Waals surface area contributed by atoms with Gasteiger partial charge in [-0.2, -0.15) is 0 Å². The fourth-order valence-electron chi connectivity index (χ4n) is 3.95. The van der Waals surface area contributed by atoms with Gasteiger partial charge in [-0.25, -0.2) is 4.79 Å². The van der Waals surface area contributed by atoms with E-state index in [4.69, 9.17) is 9.47 Å². The van der Waals surface area contributed by atoms with Crippen LogP contribution in [0.3, 0.4) is 0 Å². The van der Waals surface area contributed by atoms with Crippen molar-refractivity contribution in [1.29, 1.82) is 0 Å². The Hall–Kier alpha value is -3.32. The van der Waals surface area contributed by atoms with Crippen LogP contribution < -0.4 is 14.8 Å². The minimum atomic E-state index is -1.01. The lowest BCUT2D eigenvalue weighted by molar-refractivity contribution is -0.116. The van der Waals surface area contributed by atoms with Gasteiger partial charge in [0.2, 0.25) is 5.91 Å². The number of rotatable bonds is 6. The Morgan fingerprint density at radius 2 is 1.88 bits per heavy atom. The summed E-state index contributed by atoms with van der Waals surface area (Å²) < 4.78 is 11.3. The molecule has 2 N–H and O–H groups in total. The first-order chi connectivity index (χ1) is 15.3. The average molecular weight is 452 g/mol. The molecule has 3 aromatic rings. The Balaban J connectivity index is 1.85. The van der Waals surface area contributed by atoms with Crippen molar-refractivity contribution < 1.29 is 24.2 Å². The van der Waals surface area contributed by atoms with E-state index in [0.29, 0.717) is 22.7 Å². The molecule has 0 spiro atoms. The molecule has 2 heterocycles. The van der Waals surface area contributed by atoms with Gasteiger partial charge in [0.15, 0.2) is 11.5 Å². The maximum Gasteiger partial charge on any atom is 0.346 e. The normalized spacial score (nSPS) is 15.3. The molecule has 6 nitrogen and oxygen atoms in total. The SMILES string of the molecule is COc1cc([C@@H]2CC(=O)Nc3c2sc(C(=O)O)c3-c2ccc(C)cc2)ccc1OC(C)C. The minimum absolute atomic E-state index is 0.00528. The fraction of sp³-hybridized carbons (Fsp3) is 0.280. The molecule has 0 bridgehead atoms. The van der Waals surface area contributed by atoms with E-state index < -0.39 is 5.97 Å². The molecule has 0 radical (unpaired) electrons. The minimum Gasteiger partial charge on any atom is -0.493 e. The summed E-state index contributed by atoms with van der Waals surface area (Å²) in [6.07, 6.45) is 0.224. The van der Waals surface area contributed by atoms with Crippen LogP contribution in [0, 0.1) is 6.92 Å². The van der Waals surface area contributed by atoms with Gasteiger partial charge in [0.05, 0.1) is 18.9 Å². The number of carbonyl (C=O) groups excluding carboxylic acids is 1. The van der Waals surface area contributed by atoms with E-state index in [0.717, 1.165) is 21.6 Å². The molecule has 0 unspecified atom stereocenters. The summed E-state index contributed by atoms with van der Waals surface area (Å²) in [6, 6.07) is 13.3. The second-order valence-corrected chi connectivity index (χ2v) is 9.15. The van der Waals surface area contributed by atoms with Gasteiger partial charge in [-0.1, -0.05) is 35.9 Å². The lowest BCUT2D eigenvalue weighted by Gasteiger charge is -2.25. The van der Waals surface area contributed by atoms with Gasteiger partial charge in [0, 0.05) is 22.8 Å². The van der Waals surface area contributed by atoms with Crippen molar-refractivity contribution in [1.82, 2.24) is 0 Å². The number of aromatic carboxylic acids is 1. The largest absolute Gasteiger partial charge is 0.493 e. The van der Waals surface area contributed by atoms with Crippen molar-refractivity contribution in [3.8, 4) is 22.6 Å². The molecule has 4 rings (SSSR count). The second-order valence-electron chi connectivity index (χ2n) is 8.10. The maximum absolute atomic E-state index is 12.7. The van der Waals surface area contributed by atoms with Crippen molar-refractivity contribution in [2.75, 3.05) is 12.4 Å². The van der Waals surface area contributed by atoms with Gasteiger partial charge in [-0.05, 0) is 44.0 Å². The molecule has 1 amide bonds. The zero-order valence-corrected chi connectivity index (χ0v) is 19.2. The molecular formula is C25H25NO5S. The quantitative estimate of drug-likeness (QED) is 0.503. The number of hydrogen-bond donors (Lipinski definition) is 2. The molecule has 1 aromatic heterocycles. The molecule has 1 aliphatic heterocycles. The first-order valence-electron chi connectivity index (χ1n) is 10.4. The number of thiophene rings is 1. The van der Waals surface area contributed by atoms with Crippen LogP contribution in [0.25, 0.3) is 11.1 Å². The highest BCUT2D eigenvalue weighted by atomic mass is 32.1. The number of methoxy groups -OCH3 is 1. The topological polar surface area (TPSA) is 84.9 Å². The number of aryl methyl sites for hydroxylation is 1. The molecule has 1 atom stereocenters. The first kappa shape index (κ1) is 21.9. The van der Waals surface area contributed by atoms with Crippen LogP contribution in [-0.4, -0.2) is 30.2 Å². The number of ether oxygens (including phenoxy) is 2. The van der Waals surface area contributed by atoms with Crippen LogP contribution in [0.5, 0.6) is 11.5 Å². The monoisotopic (exact) mass is 451 g/mol. The molecule has 0 fully saturated rings.